The van der Waals surface area contributed by atoms with E-state index in [0.29, 0.717) is 37.0 Å². The van der Waals surface area contributed by atoms with Crippen LogP contribution in [0.1, 0.15) is 29.9 Å². The lowest BCUT2D eigenvalue weighted by atomic mass is 10.3. The molecular formula is C18H22F3N7S. The Morgan fingerprint density at radius 3 is 2.83 bits per heavy atom. The average molecular weight is 425 g/mol. The number of alkyl halides is 3. The first kappa shape index (κ1) is 21.0. The number of aliphatic imine (C=N–C) groups is 1. The van der Waals surface area contributed by atoms with Gasteiger partial charge in [0.1, 0.15) is 5.82 Å². The number of rotatable bonds is 8. The summed E-state index contributed by atoms with van der Waals surface area (Å²) in [4.78, 5) is 8.14. The summed E-state index contributed by atoms with van der Waals surface area (Å²) in [6.45, 7) is 3.68. The summed E-state index contributed by atoms with van der Waals surface area (Å²) >= 11 is 1.02. The molecule has 2 N–H and O–H groups in total. The second-order valence-corrected chi connectivity index (χ2v) is 7.15. The molecule has 3 rings (SSSR count). The summed E-state index contributed by atoms with van der Waals surface area (Å²) in [5, 5.41) is 16.1. The van der Waals surface area contributed by atoms with Crippen LogP contribution in [0.4, 0.5) is 13.2 Å². The van der Waals surface area contributed by atoms with E-state index in [1.54, 1.807) is 0 Å². The number of nitrogens with one attached hydrogen (secondary N) is 2. The van der Waals surface area contributed by atoms with Crippen LogP contribution in [0.15, 0.2) is 34.8 Å². The van der Waals surface area contributed by atoms with Gasteiger partial charge in [-0.25, -0.2) is 4.98 Å². The molecule has 0 spiro atoms. The lowest BCUT2D eigenvalue weighted by Crippen LogP contribution is -2.38. The quantitative estimate of drug-likeness (QED) is 0.330. The normalized spacial score (nSPS) is 12.5. The summed E-state index contributed by atoms with van der Waals surface area (Å²) < 4.78 is 39.8. The van der Waals surface area contributed by atoms with Crippen molar-refractivity contribution in [2.24, 2.45) is 4.99 Å². The van der Waals surface area contributed by atoms with Gasteiger partial charge in [0.25, 0.3) is 0 Å². The maximum absolute atomic E-state index is 12.6. The maximum Gasteiger partial charge on any atom is 0.434 e. The van der Waals surface area contributed by atoms with Crippen molar-refractivity contribution >= 4 is 22.9 Å². The molecule has 0 unspecified atom stereocenters. The van der Waals surface area contributed by atoms with Gasteiger partial charge in [0.05, 0.1) is 5.01 Å². The van der Waals surface area contributed by atoms with Gasteiger partial charge in [-0.15, -0.1) is 21.5 Å². The number of thiazole rings is 1. The molecule has 0 aliphatic heterocycles. The Morgan fingerprint density at radius 2 is 2.07 bits per heavy atom. The smallest absolute Gasteiger partial charge is 0.357 e. The highest BCUT2D eigenvalue weighted by atomic mass is 32.1. The number of aromatic nitrogens is 4. The molecule has 0 bridgehead atoms. The highest BCUT2D eigenvalue weighted by Crippen LogP contribution is 2.29. The zero-order chi connectivity index (χ0) is 20.7. The van der Waals surface area contributed by atoms with E-state index in [1.165, 1.54) is 0 Å². The van der Waals surface area contributed by atoms with Crippen molar-refractivity contribution in [2.45, 2.75) is 32.4 Å². The molecule has 0 fully saturated rings. The minimum absolute atomic E-state index is 0.400. The molecule has 0 aliphatic carbocycles. The van der Waals surface area contributed by atoms with Crippen LogP contribution in [-0.2, 0) is 19.0 Å². The van der Waals surface area contributed by atoms with Gasteiger partial charge in [0.15, 0.2) is 17.3 Å². The van der Waals surface area contributed by atoms with E-state index in [1.807, 2.05) is 35.7 Å². The highest BCUT2D eigenvalue weighted by Gasteiger charge is 2.33. The van der Waals surface area contributed by atoms with Gasteiger partial charge in [-0.1, -0.05) is 6.07 Å². The molecular weight excluding hydrogens is 403 g/mol. The monoisotopic (exact) mass is 425 g/mol. The Balaban J connectivity index is 1.46. The van der Waals surface area contributed by atoms with Crippen molar-refractivity contribution in [3.63, 3.8) is 0 Å². The van der Waals surface area contributed by atoms with Crippen LogP contribution < -0.4 is 10.6 Å². The predicted octanol–water partition coefficient (Wildman–Crippen LogP) is 2.94. The maximum atomic E-state index is 12.6. The fourth-order valence-electron chi connectivity index (χ4n) is 2.67. The first-order valence-corrected chi connectivity index (χ1v) is 10.2. The van der Waals surface area contributed by atoms with Crippen LogP contribution in [0.25, 0.3) is 5.65 Å². The zero-order valence-corrected chi connectivity index (χ0v) is 16.7. The van der Waals surface area contributed by atoms with E-state index in [0.717, 1.165) is 41.0 Å². The molecule has 0 saturated carbocycles. The average Bonchev–Trinajstić information content (AvgIpc) is 3.32. The largest absolute Gasteiger partial charge is 0.434 e. The lowest BCUT2D eigenvalue weighted by Gasteiger charge is -2.10. The van der Waals surface area contributed by atoms with Crippen molar-refractivity contribution in [3.8, 4) is 0 Å². The van der Waals surface area contributed by atoms with Gasteiger partial charge < -0.3 is 10.6 Å². The van der Waals surface area contributed by atoms with Gasteiger partial charge in [0, 0.05) is 44.1 Å². The van der Waals surface area contributed by atoms with E-state index in [2.05, 4.69) is 30.8 Å². The Hall–Kier alpha value is -2.69. The molecule has 3 heterocycles. The molecule has 3 aromatic rings. The third-order valence-electron chi connectivity index (χ3n) is 4.03. The van der Waals surface area contributed by atoms with Crippen LogP contribution in [0.3, 0.4) is 0 Å². The molecule has 0 aliphatic rings. The van der Waals surface area contributed by atoms with Crippen molar-refractivity contribution in [1.29, 1.82) is 0 Å². The number of hydrogen-bond donors (Lipinski definition) is 2. The molecule has 0 aromatic carbocycles. The second kappa shape index (κ2) is 9.68. The summed E-state index contributed by atoms with van der Waals surface area (Å²) in [5.41, 5.74) is -0.0176. The molecule has 29 heavy (non-hydrogen) atoms. The fraction of sp³-hybridized carbons (Fsp3) is 0.444. The van der Waals surface area contributed by atoms with Crippen molar-refractivity contribution in [2.75, 3.05) is 19.6 Å². The molecule has 7 nitrogen and oxygen atoms in total. The predicted molar refractivity (Wildman–Crippen MR) is 106 cm³/mol. The molecule has 0 saturated heterocycles. The van der Waals surface area contributed by atoms with Gasteiger partial charge in [-0.05, 0) is 25.5 Å². The van der Waals surface area contributed by atoms with Gasteiger partial charge in [0.2, 0.25) is 0 Å². The summed E-state index contributed by atoms with van der Waals surface area (Å²) in [7, 11) is 0. The number of fused-ring (bicyclic) bond motifs is 1. The lowest BCUT2D eigenvalue weighted by molar-refractivity contribution is -0.140. The topological polar surface area (TPSA) is 79.5 Å². The molecule has 0 radical (unpaired) electrons. The Kier molecular flexibility index (Phi) is 7.02. The van der Waals surface area contributed by atoms with Gasteiger partial charge >= 0.3 is 6.18 Å². The molecule has 156 valence electrons. The summed E-state index contributed by atoms with van der Waals surface area (Å²) in [5.74, 6) is 1.52. The van der Waals surface area contributed by atoms with Crippen molar-refractivity contribution < 1.29 is 13.2 Å². The first-order valence-electron chi connectivity index (χ1n) is 9.30. The number of nitrogens with zero attached hydrogens (tertiary/aromatic N) is 5. The SMILES string of the molecule is CCNC(=NCCCc1nnc2ccccn12)NCCc1nc(C(F)(F)F)cs1. The third-order valence-corrected chi connectivity index (χ3v) is 4.94. The van der Waals surface area contributed by atoms with E-state index in [9.17, 15) is 13.2 Å². The Labute approximate surface area is 170 Å². The first-order chi connectivity index (χ1) is 14.0. The van der Waals surface area contributed by atoms with E-state index in [-0.39, 0.29) is 0 Å². The summed E-state index contributed by atoms with van der Waals surface area (Å²) in [6, 6.07) is 5.76. The minimum atomic E-state index is -4.39. The second-order valence-electron chi connectivity index (χ2n) is 6.21. The Bertz CT molecular complexity index is 948. The Morgan fingerprint density at radius 1 is 1.21 bits per heavy atom. The molecule has 11 heteroatoms. The zero-order valence-electron chi connectivity index (χ0n) is 15.9. The van der Waals surface area contributed by atoms with Crippen molar-refractivity contribution in [3.05, 3.63) is 46.3 Å². The number of hydrogen-bond acceptors (Lipinski definition) is 5. The standard InChI is InChI=1S/C18H22F3N7S/c1-2-22-17(24-10-8-16-25-13(12-29-16)18(19,20)21)23-9-5-7-15-27-26-14-6-3-4-11-28(14)15/h3-4,6,11-12H,2,5,7-10H2,1H3,(H2,22,23,24). The number of aryl methyl sites for hydroxylation is 1. The van der Waals surface area contributed by atoms with E-state index < -0.39 is 11.9 Å². The number of pyridine rings is 1. The number of halogens is 3. The molecule has 0 amide bonds. The minimum Gasteiger partial charge on any atom is -0.357 e. The number of guanidine groups is 1. The molecule has 0 atom stereocenters. The molecule has 3 aromatic heterocycles. The summed E-state index contributed by atoms with van der Waals surface area (Å²) in [6.07, 6.45) is -0.519. The van der Waals surface area contributed by atoms with E-state index in [4.69, 9.17) is 0 Å². The van der Waals surface area contributed by atoms with Crippen LogP contribution in [-0.4, -0.2) is 45.2 Å². The van der Waals surface area contributed by atoms with Crippen LogP contribution >= 0.6 is 11.3 Å². The highest BCUT2D eigenvalue weighted by molar-refractivity contribution is 7.09. The van der Waals surface area contributed by atoms with Gasteiger partial charge in [-0.3, -0.25) is 9.39 Å². The van der Waals surface area contributed by atoms with Crippen LogP contribution in [0, 0.1) is 0 Å². The fourth-order valence-corrected chi connectivity index (χ4v) is 3.48. The van der Waals surface area contributed by atoms with E-state index >= 15 is 0 Å². The van der Waals surface area contributed by atoms with Gasteiger partial charge in [-0.2, -0.15) is 13.2 Å². The van der Waals surface area contributed by atoms with Crippen molar-refractivity contribution in [1.82, 2.24) is 30.2 Å². The van der Waals surface area contributed by atoms with Crippen LogP contribution in [0.5, 0.6) is 0 Å². The van der Waals surface area contributed by atoms with Crippen LogP contribution in [0.2, 0.25) is 0 Å². The third kappa shape index (κ3) is 5.89.